The molecule has 0 bridgehead atoms. The van der Waals surface area contributed by atoms with E-state index in [9.17, 15) is 8.42 Å². The van der Waals surface area contributed by atoms with Gasteiger partial charge in [0.1, 0.15) is 0 Å². The second-order valence-corrected chi connectivity index (χ2v) is 8.42. The van der Waals surface area contributed by atoms with E-state index in [1.807, 2.05) is 13.8 Å². The van der Waals surface area contributed by atoms with Crippen molar-refractivity contribution in [1.29, 1.82) is 0 Å². The van der Waals surface area contributed by atoms with Gasteiger partial charge in [-0.15, -0.1) is 0 Å². The average Bonchev–Trinajstić information content (AvgIpc) is 2.14. The third-order valence-corrected chi connectivity index (χ3v) is 4.78. The van der Waals surface area contributed by atoms with Crippen LogP contribution in [0.2, 0.25) is 0 Å². The lowest BCUT2D eigenvalue weighted by molar-refractivity contribution is 0.369. The molecular weight excluding hydrogens is 234 g/mol. The number of hydrogen-bond donors (Lipinski definition) is 1. The van der Waals surface area contributed by atoms with Gasteiger partial charge in [-0.3, -0.25) is 0 Å². The predicted octanol–water partition coefficient (Wildman–Crippen LogP) is 2.47. The van der Waals surface area contributed by atoms with Crippen LogP contribution in [0.15, 0.2) is 0 Å². The quantitative estimate of drug-likeness (QED) is 0.684. The van der Waals surface area contributed by atoms with Crippen LogP contribution in [0, 0.1) is 11.3 Å². The first-order valence-electron chi connectivity index (χ1n) is 6.57. The van der Waals surface area contributed by atoms with E-state index in [1.165, 1.54) is 0 Å². The Bertz CT molecular complexity index is 291. The fraction of sp³-hybridized carbons (Fsp3) is 1.00. The fourth-order valence-corrected chi connectivity index (χ4v) is 3.18. The zero-order valence-electron chi connectivity index (χ0n) is 12.0. The molecule has 0 saturated heterocycles. The molecule has 1 atom stereocenters. The van der Waals surface area contributed by atoms with Crippen molar-refractivity contribution < 1.29 is 8.42 Å². The van der Waals surface area contributed by atoms with Crippen molar-refractivity contribution in [1.82, 2.24) is 5.32 Å². The molecule has 3 nitrogen and oxygen atoms in total. The number of rotatable bonds is 8. The first-order valence-corrected chi connectivity index (χ1v) is 8.39. The third kappa shape index (κ3) is 10.8. The predicted molar refractivity (Wildman–Crippen MR) is 75.1 cm³/mol. The molecule has 17 heavy (non-hydrogen) atoms. The van der Waals surface area contributed by atoms with Crippen molar-refractivity contribution in [3.8, 4) is 0 Å². The Morgan fingerprint density at radius 2 is 1.76 bits per heavy atom. The van der Waals surface area contributed by atoms with Gasteiger partial charge >= 0.3 is 0 Å². The van der Waals surface area contributed by atoms with E-state index in [1.54, 1.807) is 0 Å². The van der Waals surface area contributed by atoms with Gasteiger partial charge in [-0.1, -0.05) is 41.0 Å². The number of hydrogen-bond acceptors (Lipinski definition) is 3. The van der Waals surface area contributed by atoms with Crippen LogP contribution < -0.4 is 5.32 Å². The largest absolute Gasteiger partial charge is 0.316 e. The molecule has 104 valence electrons. The van der Waals surface area contributed by atoms with Crippen molar-refractivity contribution in [2.24, 2.45) is 11.3 Å². The zero-order chi connectivity index (χ0) is 13.5. The average molecular weight is 263 g/mol. The Morgan fingerprint density at radius 1 is 1.18 bits per heavy atom. The minimum Gasteiger partial charge on any atom is -0.316 e. The van der Waals surface area contributed by atoms with Crippen LogP contribution in [0.5, 0.6) is 0 Å². The minimum atomic E-state index is -2.87. The smallest absolute Gasteiger partial charge is 0.151 e. The Labute approximate surface area is 107 Å². The summed E-state index contributed by atoms with van der Waals surface area (Å²) in [4.78, 5) is 0. The van der Waals surface area contributed by atoms with Crippen molar-refractivity contribution in [3.05, 3.63) is 0 Å². The maximum atomic E-state index is 11.7. The highest BCUT2D eigenvalue weighted by molar-refractivity contribution is 7.91. The molecule has 4 heteroatoms. The lowest BCUT2D eigenvalue weighted by Gasteiger charge is -2.18. The summed E-state index contributed by atoms with van der Waals surface area (Å²) in [7, 11) is -2.87. The molecule has 0 aromatic rings. The molecule has 1 N–H and O–H groups in total. The molecular formula is C13H29NO2S. The first kappa shape index (κ1) is 16.9. The van der Waals surface area contributed by atoms with Crippen LogP contribution >= 0.6 is 0 Å². The van der Waals surface area contributed by atoms with Gasteiger partial charge in [0.2, 0.25) is 0 Å². The molecule has 0 spiro atoms. The normalized spacial score (nSPS) is 14.9. The van der Waals surface area contributed by atoms with Crippen LogP contribution in [-0.4, -0.2) is 33.0 Å². The summed E-state index contributed by atoms with van der Waals surface area (Å²) in [5.74, 6) is 0.862. The standard InChI is InChI=1S/C13H29NO2S/c1-6-12(2)11-17(15,16)10-9-14-8-7-13(3,4)5/h12,14H,6-11H2,1-5H3. The van der Waals surface area contributed by atoms with Crippen LogP contribution in [0.1, 0.15) is 47.5 Å². The molecule has 0 aliphatic heterocycles. The molecule has 0 heterocycles. The van der Waals surface area contributed by atoms with Gasteiger partial charge in [-0.2, -0.15) is 0 Å². The van der Waals surface area contributed by atoms with E-state index in [0.717, 1.165) is 19.4 Å². The van der Waals surface area contributed by atoms with Gasteiger partial charge in [-0.25, -0.2) is 8.42 Å². The van der Waals surface area contributed by atoms with Gasteiger partial charge in [0.15, 0.2) is 9.84 Å². The summed E-state index contributed by atoms with van der Waals surface area (Å²) in [6.45, 7) is 12.1. The summed E-state index contributed by atoms with van der Waals surface area (Å²) in [5, 5.41) is 3.21. The Balaban J connectivity index is 3.74. The highest BCUT2D eigenvalue weighted by Crippen LogP contribution is 2.16. The fourth-order valence-electron chi connectivity index (χ4n) is 1.45. The highest BCUT2D eigenvalue weighted by atomic mass is 32.2. The molecule has 0 aliphatic rings. The second-order valence-electron chi connectivity index (χ2n) is 6.19. The van der Waals surface area contributed by atoms with Gasteiger partial charge in [0, 0.05) is 6.54 Å². The van der Waals surface area contributed by atoms with Gasteiger partial charge < -0.3 is 5.32 Å². The summed E-state index contributed by atoms with van der Waals surface area (Å²) in [6, 6.07) is 0. The van der Waals surface area contributed by atoms with E-state index >= 15 is 0 Å². The summed E-state index contributed by atoms with van der Waals surface area (Å²) in [5.41, 5.74) is 0.308. The summed E-state index contributed by atoms with van der Waals surface area (Å²) in [6.07, 6.45) is 2.00. The van der Waals surface area contributed by atoms with Crippen molar-refractivity contribution in [2.45, 2.75) is 47.5 Å². The minimum absolute atomic E-state index is 0.265. The maximum Gasteiger partial charge on any atom is 0.151 e. The van der Waals surface area contributed by atoms with Gasteiger partial charge in [-0.05, 0) is 24.3 Å². The monoisotopic (exact) mass is 263 g/mol. The third-order valence-electron chi connectivity index (χ3n) is 2.88. The van der Waals surface area contributed by atoms with Gasteiger partial charge in [0.05, 0.1) is 11.5 Å². The molecule has 1 unspecified atom stereocenters. The van der Waals surface area contributed by atoms with Crippen molar-refractivity contribution >= 4 is 9.84 Å². The van der Waals surface area contributed by atoms with Gasteiger partial charge in [0.25, 0.3) is 0 Å². The van der Waals surface area contributed by atoms with Crippen LogP contribution in [-0.2, 0) is 9.84 Å². The summed E-state index contributed by atoms with van der Waals surface area (Å²) < 4.78 is 23.4. The maximum absolute atomic E-state index is 11.7. The zero-order valence-corrected chi connectivity index (χ0v) is 12.9. The van der Waals surface area contributed by atoms with Crippen LogP contribution in [0.4, 0.5) is 0 Å². The van der Waals surface area contributed by atoms with E-state index in [-0.39, 0.29) is 11.7 Å². The van der Waals surface area contributed by atoms with Crippen molar-refractivity contribution in [3.63, 3.8) is 0 Å². The Morgan fingerprint density at radius 3 is 2.24 bits per heavy atom. The number of nitrogens with one attached hydrogen (secondary N) is 1. The van der Waals surface area contributed by atoms with Crippen molar-refractivity contribution in [2.75, 3.05) is 24.6 Å². The molecule has 0 saturated carbocycles. The van der Waals surface area contributed by atoms with E-state index in [0.29, 0.717) is 17.7 Å². The second kappa shape index (κ2) is 7.37. The Kier molecular flexibility index (Phi) is 7.33. The highest BCUT2D eigenvalue weighted by Gasteiger charge is 2.14. The topological polar surface area (TPSA) is 46.2 Å². The lowest BCUT2D eigenvalue weighted by atomic mass is 9.92. The van der Waals surface area contributed by atoms with Crippen LogP contribution in [0.3, 0.4) is 0 Å². The molecule has 0 fully saturated rings. The molecule has 0 aromatic carbocycles. The molecule has 0 rings (SSSR count). The molecule has 0 aliphatic carbocycles. The SMILES string of the molecule is CCC(C)CS(=O)(=O)CCNCCC(C)(C)C. The van der Waals surface area contributed by atoms with E-state index in [4.69, 9.17) is 0 Å². The molecule has 0 amide bonds. The lowest BCUT2D eigenvalue weighted by Crippen LogP contribution is -2.28. The molecule has 0 radical (unpaired) electrons. The molecule has 0 aromatic heterocycles. The Hall–Kier alpha value is -0.0900. The summed E-state index contributed by atoms with van der Waals surface area (Å²) >= 11 is 0. The first-order chi connectivity index (χ1) is 7.66. The van der Waals surface area contributed by atoms with Crippen LogP contribution in [0.25, 0.3) is 0 Å². The van der Waals surface area contributed by atoms with E-state index in [2.05, 4.69) is 26.1 Å². The van der Waals surface area contributed by atoms with E-state index < -0.39 is 9.84 Å². The number of sulfone groups is 1.